The Hall–Kier alpha value is -2.30. The first-order valence-corrected chi connectivity index (χ1v) is 5.71. The maximum Gasteiger partial charge on any atom is 0.140 e. The van der Waals surface area contributed by atoms with Gasteiger partial charge in [0.15, 0.2) is 0 Å². The predicted molar refractivity (Wildman–Crippen MR) is 74.8 cm³/mol. The molecular formula is C17H14O. The fraction of sp³-hybridized carbons (Fsp3) is 0.0588. The van der Waals surface area contributed by atoms with Crippen LogP contribution in [0.1, 0.15) is 22.8 Å². The van der Waals surface area contributed by atoms with E-state index in [4.69, 9.17) is 6.42 Å². The Morgan fingerprint density at radius 2 is 1.72 bits per heavy atom. The monoisotopic (exact) mass is 234 g/mol. The molecule has 0 saturated carbocycles. The number of aliphatic hydroxyl groups is 1. The van der Waals surface area contributed by atoms with E-state index in [0.717, 1.165) is 16.7 Å². The fourth-order valence-corrected chi connectivity index (χ4v) is 1.80. The SMILES string of the molecule is C#CC(O)c1cccc(C(=C)c2ccccc2)c1. The van der Waals surface area contributed by atoms with Crippen LogP contribution in [0.3, 0.4) is 0 Å². The van der Waals surface area contributed by atoms with E-state index in [1.54, 1.807) is 0 Å². The summed E-state index contributed by atoms with van der Waals surface area (Å²) in [4.78, 5) is 0. The van der Waals surface area contributed by atoms with Crippen molar-refractivity contribution in [1.82, 2.24) is 0 Å². The van der Waals surface area contributed by atoms with Gasteiger partial charge >= 0.3 is 0 Å². The van der Waals surface area contributed by atoms with Crippen LogP contribution in [0, 0.1) is 12.3 Å². The summed E-state index contributed by atoms with van der Waals surface area (Å²) in [5.41, 5.74) is 3.66. The van der Waals surface area contributed by atoms with Crippen LogP contribution >= 0.6 is 0 Å². The molecule has 0 aromatic heterocycles. The standard InChI is InChI=1S/C17H14O/c1-3-17(18)16-11-7-10-15(12-16)13(2)14-8-5-4-6-9-14/h1,4-12,17-18H,2H2. The first-order valence-electron chi connectivity index (χ1n) is 5.71. The average Bonchev–Trinajstić information content (AvgIpc) is 2.46. The highest BCUT2D eigenvalue weighted by Crippen LogP contribution is 2.23. The van der Waals surface area contributed by atoms with Gasteiger partial charge in [-0.3, -0.25) is 0 Å². The summed E-state index contributed by atoms with van der Waals surface area (Å²) in [5.74, 6) is 2.31. The Morgan fingerprint density at radius 3 is 2.39 bits per heavy atom. The highest BCUT2D eigenvalue weighted by molar-refractivity contribution is 5.78. The number of terminal acetylenes is 1. The van der Waals surface area contributed by atoms with Crippen LogP contribution in [0.15, 0.2) is 61.2 Å². The van der Waals surface area contributed by atoms with Gasteiger partial charge in [0.2, 0.25) is 0 Å². The molecular weight excluding hydrogens is 220 g/mol. The summed E-state index contributed by atoms with van der Waals surface area (Å²) >= 11 is 0. The molecule has 2 aromatic rings. The van der Waals surface area contributed by atoms with E-state index >= 15 is 0 Å². The maximum atomic E-state index is 9.64. The average molecular weight is 234 g/mol. The van der Waals surface area contributed by atoms with Crippen molar-refractivity contribution < 1.29 is 5.11 Å². The molecule has 0 fully saturated rings. The molecule has 0 aliphatic heterocycles. The zero-order chi connectivity index (χ0) is 13.0. The maximum absolute atomic E-state index is 9.64. The van der Waals surface area contributed by atoms with Crippen molar-refractivity contribution in [2.75, 3.05) is 0 Å². The zero-order valence-corrected chi connectivity index (χ0v) is 10.0. The van der Waals surface area contributed by atoms with Crippen molar-refractivity contribution >= 4 is 5.57 Å². The zero-order valence-electron chi connectivity index (χ0n) is 10.0. The fourth-order valence-electron chi connectivity index (χ4n) is 1.80. The first kappa shape index (κ1) is 12.2. The molecule has 0 aliphatic rings. The lowest BCUT2D eigenvalue weighted by molar-refractivity contribution is 0.238. The van der Waals surface area contributed by atoms with Crippen LogP contribution in [0.2, 0.25) is 0 Å². The largest absolute Gasteiger partial charge is 0.376 e. The van der Waals surface area contributed by atoms with E-state index in [2.05, 4.69) is 12.5 Å². The van der Waals surface area contributed by atoms with E-state index in [1.165, 1.54) is 0 Å². The van der Waals surface area contributed by atoms with Crippen LogP contribution in [-0.2, 0) is 0 Å². The molecule has 1 atom stereocenters. The normalized spacial score (nSPS) is 11.6. The molecule has 1 unspecified atom stereocenters. The molecule has 1 heteroatoms. The molecule has 0 aliphatic carbocycles. The first-order chi connectivity index (χ1) is 8.72. The molecule has 88 valence electrons. The smallest absolute Gasteiger partial charge is 0.140 e. The molecule has 0 heterocycles. The number of benzene rings is 2. The van der Waals surface area contributed by atoms with Crippen molar-refractivity contribution in [1.29, 1.82) is 0 Å². The highest BCUT2D eigenvalue weighted by atomic mass is 16.3. The van der Waals surface area contributed by atoms with Gasteiger partial charge in [-0.2, -0.15) is 0 Å². The van der Waals surface area contributed by atoms with E-state index in [1.807, 2.05) is 54.6 Å². The molecule has 0 saturated heterocycles. The molecule has 0 radical (unpaired) electrons. The number of hydrogen-bond acceptors (Lipinski definition) is 1. The van der Waals surface area contributed by atoms with Crippen molar-refractivity contribution in [2.24, 2.45) is 0 Å². The van der Waals surface area contributed by atoms with Gasteiger partial charge in [-0.25, -0.2) is 0 Å². The Morgan fingerprint density at radius 1 is 1.06 bits per heavy atom. The molecule has 0 bridgehead atoms. The summed E-state index contributed by atoms with van der Waals surface area (Å²) in [5, 5.41) is 9.64. The van der Waals surface area contributed by atoms with Crippen LogP contribution < -0.4 is 0 Å². The summed E-state index contributed by atoms with van der Waals surface area (Å²) in [6, 6.07) is 17.4. The van der Waals surface area contributed by atoms with Crippen LogP contribution in [0.25, 0.3) is 5.57 Å². The molecule has 0 spiro atoms. The van der Waals surface area contributed by atoms with Gasteiger partial charge in [0.1, 0.15) is 6.10 Å². The minimum Gasteiger partial charge on any atom is -0.376 e. The number of rotatable bonds is 3. The van der Waals surface area contributed by atoms with E-state index in [-0.39, 0.29) is 0 Å². The Balaban J connectivity index is 2.35. The van der Waals surface area contributed by atoms with E-state index in [9.17, 15) is 5.11 Å². The molecule has 2 rings (SSSR count). The lowest BCUT2D eigenvalue weighted by Crippen LogP contribution is -1.95. The van der Waals surface area contributed by atoms with Gasteiger partial charge in [0.25, 0.3) is 0 Å². The molecule has 18 heavy (non-hydrogen) atoms. The van der Waals surface area contributed by atoms with Crippen LogP contribution in [0.5, 0.6) is 0 Å². The van der Waals surface area contributed by atoms with Gasteiger partial charge in [-0.1, -0.05) is 61.0 Å². The molecule has 1 N–H and O–H groups in total. The van der Waals surface area contributed by atoms with E-state index < -0.39 is 6.10 Å². The topological polar surface area (TPSA) is 20.2 Å². The minimum absolute atomic E-state index is 0.715. The van der Waals surface area contributed by atoms with Gasteiger partial charge < -0.3 is 5.11 Å². The van der Waals surface area contributed by atoms with Crippen LogP contribution in [0.4, 0.5) is 0 Å². The van der Waals surface area contributed by atoms with Crippen molar-refractivity contribution in [2.45, 2.75) is 6.10 Å². The Bertz CT molecular complexity index is 591. The Kier molecular flexibility index (Phi) is 3.62. The second kappa shape index (κ2) is 5.35. The van der Waals surface area contributed by atoms with Gasteiger partial charge in [0.05, 0.1) is 0 Å². The van der Waals surface area contributed by atoms with Gasteiger partial charge in [-0.05, 0) is 28.3 Å². The summed E-state index contributed by atoms with van der Waals surface area (Å²) in [6.45, 7) is 4.09. The third kappa shape index (κ3) is 2.51. The quantitative estimate of drug-likeness (QED) is 0.807. The summed E-state index contributed by atoms with van der Waals surface area (Å²) in [6.07, 6.45) is 4.35. The van der Waals surface area contributed by atoms with Gasteiger partial charge in [0, 0.05) is 0 Å². The molecule has 2 aromatic carbocycles. The third-order valence-electron chi connectivity index (χ3n) is 2.83. The third-order valence-corrected chi connectivity index (χ3v) is 2.83. The lowest BCUT2D eigenvalue weighted by Gasteiger charge is -2.09. The number of hydrogen-bond donors (Lipinski definition) is 1. The van der Waals surface area contributed by atoms with E-state index in [0.29, 0.717) is 5.56 Å². The van der Waals surface area contributed by atoms with Crippen molar-refractivity contribution in [3.8, 4) is 12.3 Å². The van der Waals surface area contributed by atoms with Gasteiger partial charge in [-0.15, -0.1) is 6.42 Å². The van der Waals surface area contributed by atoms with Crippen LogP contribution in [-0.4, -0.2) is 5.11 Å². The number of aliphatic hydroxyl groups excluding tert-OH is 1. The molecule has 1 nitrogen and oxygen atoms in total. The second-order valence-electron chi connectivity index (χ2n) is 4.04. The summed E-state index contributed by atoms with van der Waals surface area (Å²) in [7, 11) is 0. The highest BCUT2D eigenvalue weighted by Gasteiger charge is 2.06. The predicted octanol–water partition coefficient (Wildman–Crippen LogP) is 3.41. The van der Waals surface area contributed by atoms with Crippen molar-refractivity contribution in [3.63, 3.8) is 0 Å². The lowest BCUT2D eigenvalue weighted by atomic mass is 9.97. The molecule has 0 amide bonds. The second-order valence-corrected chi connectivity index (χ2v) is 4.04. The van der Waals surface area contributed by atoms with Crippen molar-refractivity contribution in [3.05, 3.63) is 77.9 Å². The summed E-state index contributed by atoms with van der Waals surface area (Å²) < 4.78 is 0. The minimum atomic E-state index is -0.867. The Labute approximate surface area is 107 Å².